The molecule has 2 heterocycles. The Labute approximate surface area is 61.2 Å². The predicted octanol–water partition coefficient (Wildman–Crippen LogP) is 1.81. The summed E-state index contributed by atoms with van der Waals surface area (Å²) in [7, 11) is 0. The molecule has 1 aromatic heterocycles. The average Bonchev–Trinajstić information content (AvgIpc) is 2.67. The lowest BCUT2D eigenvalue weighted by molar-refractivity contribution is 0.198. The molecule has 1 saturated heterocycles. The maximum absolute atomic E-state index is 4.94. The summed E-state index contributed by atoms with van der Waals surface area (Å²) < 4.78 is 4.94. The van der Waals surface area contributed by atoms with Crippen molar-refractivity contribution in [1.29, 1.82) is 0 Å². The topological polar surface area (TPSA) is 25.0 Å². The quantitative estimate of drug-likeness (QED) is 0.582. The number of ether oxygens (including phenoxy) is 1. The molecule has 0 bridgehead atoms. The Kier molecular flexibility index (Phi) is 3.72. The first-order chi connectivity index (χ1) is 5.00. The van der Waals surface area contributed by atoms with Crippen molar-refractivity contribution in [3.8, 4) is 0 Å². The van der Waals surface area contributed by atoms with E-state index in [-0.39, 0.29) is 0 Å². The lowest BCUT2D eigenvalue weighted by atomic mass is 10.4. The van der Waals surface area contributed by atoms with Crippen LogP contribution >= 0.6 is 0 Å². The van der Waals surface area contributed by atoms with E-state index in [4.69, 9.17) is 4.74 Å². The van der Waals surface area contributed by atoms with Crippen molar-refractivity contribution in [2.45, 2.75) is 12.8 Å². The summed E-state index contributed by atoms with van der Waals surface area (Å²) in [5.41, 5.74) is 0. The van der Waals surface area contributed by atoms with Crippen LogP contribution in [0.25, 0.3) is 0 Å². The SMILES string of the molecule is C1CCOC1.c1cc[nH]c1. The standard InChI is InChI=1S/C4H5N.C4H8O/c2*1-2-4-5-3-1/h1-5H;1-4H2. The van der Waals surface area contributed by atoms with Crippen LogP contribution in [-0.2, 0) is 4.74 Å². The highest BCUT2D eigenvalue weighted by molar-refractivity contribution is 4.84. The van der Waals surface area contributed by atoms with Crippen LogP contribution in [0.4, 0.5) is 0 Å². The number of aromatic amines is 1. The number of hydrogen-bond acceptors (Lipinski definition) is 1. The van der Waals surface area contributed by atoms with Crippen LogP contribution in [0, 0.1) is 0 Å². The van der Waals surface area contributed by atoms with Gasteiger partial charge in [0.25, 0.3) is 0 Å². The van der Waals surface area contributed by atoms with Crippen LogP contribution in [0.15, 0.2) is 24.5 Å². The normalized spacial score (nSPS) is 16.0. The molecule has 2 heteroatoms. The molecular formula is C8H13NO. The van der Waals surface area contributed by atoms with E-state index >= 15 is 0 Å². The van der Waals surface area contributed by atoms with Crippen LogP contribution in [0.3, 0.4) is 0 Å². The van der Waals surface area contributed by atoms with Crippen molar-refractivity contribution in [3.05, 3.63) is 24.5 Å². The lowest BCUT2D eigenvalue weighted by Gasteiger charge is -1.76. The third-order valence-electron chi connectivity index (χ3n) is 1.32. The van der Waals surface area contributed by atoms with Gasteiger partial charge in [-0.05, 0) is 25.0 Å². The molecule has 1 N–H and O–H groups in total. The van der Waals surface area contributed by atoms with Crippen LogP contribution in [0.5, 0.6) is 0 Å². The molecule has 1 aromatic rings. The number of nitrogens with one attached hydrogen (secondary N) is 1. The van der Waals surface area contributed by atoms with Crippen molar-refractivity contribution in [1.82, 2.24) is 4.98 Å². The van der Waals surface area contributed by atoms with Gasteiger partial charge in [0.05, 0.1) is 0 Å². The molecule has 1 aliphatic heterocycles. The molecular weight excluding hydrogens is 126 g/mol. The molecule has 1 fully saturated rings. The first kappa shape index (κ1) is 7.35. The second-order valence-corrected chi connectivity index (χ2v) is 2.20. The first-order valence-electron chi connectivity index (χ1n) is 3.65. The van der Waals surface area contributed by atoms with Gasteiger partial charge in [-0.1, -0.05) is 0 Å². The maximum Gasteiger partial charge on any atom is 0.0466 e. The fourth-order valence-electron chi connectivity index (χ4n) is 0.788. The molecule has 1 aliphatic rings. The van der Waals surface area contributed by atoms with Crippen molar-refractivity contribution in [3.63, 3.8) is 0 Å². The first-order valence-corrected chi connectivity index (χ1v) is 3.65. The molecule has 0 saturated carbocycles. The summed E-state index contributed by atoms with van der Waals surface area (Å²) >= 11 is 0. The Hall–Kier alpha value is -0.760. The molecule has 0 radical (unpaired) electrons. The molecule has 10 heavy (non-hydrogen) atoms. The summed E-state index contributed by atoms with van der Waals surface area (Å²) in [5.74, 6) is 0. The Balaban J connectivity index is 0.0000001000. The third-order valence-corrected chi connectivity index (χ3v) is 1.32. The fraction of sp³-hybridized carbons (Fsp3) is 0.500. The zero-order valence-corrected chi connectivity index (χ0v) is 6.05. The van der Waals surface area contributed by atoms with Crippen LogP contribution < -0.4 is 0 Å². The van der Waals surface area contributed by atoms with E-state index in [1.165, 1.54) is 12.8 Å². The minimum absolute atomic E-state index is 1.00. The second-order valence-electron chi connectivity index (χ2n) is 2.20. The fourth-order valence-corrected chi connectivity index (χ4v) is 0.788. The summed E-state index contributed by atoms with van der Waals surface area (Å²) in [5, 5.41) is 0. The van der Waals surface area contributed by atoms with E-state index in [9.17, 15) is 0 Å². The smallest absolute Gasteiger partial charge is 0.0466 e. The lowest BCUT2D eigenvalue weighted by Crippen LogP contribution is -1.74. The Morgan fingerprint density at radius 3 is 1.80 bits per heavy atom. The van der Waals surface area contributed by atoms with Gasteiger partial charge in [0.2, 0.25) is 0 Å². The van der Waals surface area contributed by atoms with Gasteiger partial charge in [0.1, 0.15) is 0 Å². The van der Waals surface area contributed by atoms with Gasteiger partial charge in [-0.25, -0.2) is 0 Å². The van der Waals surface area contributed by atoms with Crippen LogP contribution in [0.2, 0.25) is 0 Å². The van der Waals surface area contributed by atoms with E-state index < -0.39 is 0 Å². The minimum atomic E-state index is 1.00. The van der Waals surface area contributed by atoms with E-state index in [2.05, 4.69) is 4.98 Å². The van der Waals surface area contributed by atoms with Gasteiger partial charge in [-0.2, -0.15) is 0 Å². The third kappa shape index (κ3) is 3.30. The summed E-state index contributed by atoms with van der Waals surface area (Å²) in [6.07, 6.45) is 6.31. The molecule has 56 valence electrons. The zero-order chi connectivity index (χ0) is 7.07. The number of H-pyrrole nitrogens is 1. The van der Waals surface area contributed by atoms with Gasteiger partial charge in [0, 0.05) is 25.6 Å². The van der Waals surface area contributed by atoms with E-state index in [0.717, 1.165) is 13.2 Å². The summed E-state index contributed by atoms with van der Waals surface area (Å²) in [4.78, 5) is 2.86. The van der Waals surface area contributed by atoms with Gasteiger partial charge < -0.3 is 9.72 Å². The minimum Gasteiger partial charge on any atom is -0.381 e. The molecule has 0 aliphatic carbocycles. The van der Waals surface area contributed by atoms with E-state index in [1.807, 2.05) is 24.5 Å². The highest BCUT2D eigenvalue weighted by Crippen LogP contribution is 1.98. The van der Waals surface area contributed by atoms with Gasteiger partial charge in [0.15, 0.2) is 0 Å². The van der Waals surface area contributed by atoms with Gasteiger partial charge >= 0.3 is 0 Å². The highest BCUT2D eigenvalue weighted by Gasteiger charge is 1.94. The molecule has 0 aromatic carbocycles. The number of hydrogen-bond donors (Lipinski definition) is 1. The van der Waals surface area contributed by atoms with Crippen LogP contribution in [0.1, 0.15) is 12.8 Å². The second kappa shape index (κ2) is 5.06. The van der Waals surface area contributed by atoms with E-state index in [1.54, 1.807) is 0 Å². The largest absolute Gasteiger partial charge is 0.381 e. The Bertz CT molecular complexity index is 108. The van der Waals surface area contributed by atoms with Crippen molar-refractivity contribution in [2.24, 2.45) is 0 Å². The summed E-state index contributed by atoms with van der Waals surface area (Å²) in [6.45, 7) is 2.00. The average molecular weight is 139 g/mol. The Morgan fingerprint density at radius 2 is 1.60 bits per heavy atom. The monoisotopic (exact) mass is 139 g/mol. The molecule has 0 unspecified atom stereocenters. The number of rotatable bonds is 0. The molecule has 0 atom stereocenters. The van der Waals surface area contributed by atoms with Crippen molar-refractivity contribution < 1.29 is 4.74 Å². The van der Waals surface area contributed by atoms with Gasteiger partial charge in [-0.15, -0.1) is 0 Å². The number of aromatic nitrogens is 1. The van der Waals surface area contributed by atoms with Crippen molar-refractivity contribution >= 4 is 0 Å². The molecule has 0 spiro atoms. The summed E-state index contributed by atoms with van der Waals surface area (Å²) in [6, 6.07) is 3.89. The molecule has 2 nitrogen and oxygen atoms in total. The maximum atomic E-state index is 4.94. The van der Waals surface area contributed by atoms with Crippen LogP contribution in [-0.4, -0.2) is 18.2 Å². The Morgan fingerprint density at radius 1 is 1.00 bits per heavy atom. The van der Waals surface area contributed by atoms with Crippen molar-refractivity contribution in [2.75, 3.05) is 13.2 Å². The van der Waals surface area contributed by atoms with E-state index in [0.29, 0.717) is 0 Å². The molecule has 0 amide bonds. The van der Waals surface area contributed by atoms with Gasteiger partial charge in [-0.3, -0.25) is 0 Å². The zero-order valence-electron chi connectivity index (χ0n) is 6.05. The predicted molar refractivity (Wildman–Crippen MR) is 40.8 cm³/mol. The molecule has 2 rings (SSSR count). The highest BCUT2D eigenvalue weighted by atomic mass is 16.5.